The Balaban J connectivity index is 1.29. The lowest BCUT2D eigenvalue weighted by molar-refractivity contribution is -0.207. The van der Waals surface area contributed by atoms with Crippen LogP contribution in [-0.4, -0.2) is 35.9 Å². The Morgan fingerprint density at radius 1 is 0.933 bits per heavy atom. The Bertz CT molecular complexity index is 823. The molecule has 1 aromatic carbocycles. The van der Waals surface area contributed by atoms with Gasteiger partial charge in [-0.25, -0.2) is 18.7 Å². The molecule has 2 aliphatic rings. The van der Waals surface area contributed by atoms with E-state index in [0.29, 0.717) is 42.3 Å². The second-order valence-electron chi connectivity index (χ2n) is 8.48. The van der Waals surface area contributed by atoms with Crippen LogP contribution in [0.2, 0.25) is 0 Å². The maximum absolute atomic E-state index is 13.8. The Hall–Kier alpha value is -1.96. The molecule has 2 saturated heterocycles. The third-order valence-electron chi connectivity index (χ3n) is 5.94. The number of halogens is 2. The summed E-state index contributed by atoms with van der Waals surface area (Å²) in [5.41, 5.74) is 0.973. The summed E-state index contributed by atoms with van der Waals surface area (Å²) in [6.45, 7) is 5.72. The fourth-order valence-electron chi connectivity index (χ4n) is 3.87. The summed E-state index contributed by atoms with van der Waals surface area (Å²) < 4.78 is 45.2. The van der Waals surface area contributed by atoms with Crippen molar-refractivity contribution in [2.45, 2.75) is 51.9 Å². The quantitative estimate of drug-likeness (QED) is 0.685. The fourth-order valence-corrected chi connectivity index (χ4v) is 3.87. The fraction of sp³-hybridized carbons (Fsp3) is 0.565. The van der Waals surface area contributed by atoms with Crippen molar-refractivity contribution in [3.05, 3.63) is 47.3 Å². The molecule has 0 bridgehead atoms. The maximum atomic E-state index is 13.8. The van der Waals surface area contributed by atoms with E-state index in [0.717, 1.165) is 25.9 Å². The number of rotatable bonds is 5. The van der Waals surface area contributed by atoms with Gasteiger partial charge < -0.3 is 14.2 Å². The van der Waals surface area contributed by atoms with E-state index >= 15 is 0 Å². The van der Waals surface area contributed by atoms with Gasteiger partial charge in [0.1, 0.15) is 11.6 Å². The molecule has 4 rings (SSSR count). The third-order valence-corrected chi connectivity index (χ3v) is 5.94. The standard InChI is InChI=1S/C23H28F2N2O3/c1-14-3-5-19(28-11-14)6-4-16-12-29-23(30-13-16)18-9-26-22(27-10-18)17-7-20(24)15(2)21(25)8-17/h7-10,14,16,19,23H,3-6,11-13H2,1-2H3. The second-order valence-corrected chi connectivity index (χ2v) is 8.48. The van der Waals surface area contributed by atoms with Crippen LogP contribution in [0.1, 0.15) is 50.0 Å². The summed E-state index contributed by atoms with van der Waals surface area (Å²) in [7, 11) is 0. The van der Waals surface area contributed by atoms with E-state index in [9.17, 15) is 8.78 Å². The van der Waals surface area contributed by atoms with Crippen LogP contribution in [0.15, 0.2) is 24.5 Å². The van der Waals surface area contributed by atoms with Crippen molar-refractivity contribution in [2.75, 3.05) is 19.8 Å². The zero-order chi connectivity index (χ0) is 21.1. The molecule has 2 aromatic rings. The Kier molecular flexibility index (Phi) is 6.71. The van der Waals surface area contributed by atoms with Gasteiger partial charge in [0.2, 0.25) is 0 Å². The van der Waals surface area contributed by atoms with Crippen molar-refractivity contribution < 1.29 is 23.0 Å². The zero-order valence-corrected chi connectivity index (χ0v) is 17.4. The number of hydrogen-bond acceptors (Lipinski definition) is 5. The average Bonchev–Trinajstić information content (AvgIpc) is 2.77. The minimum Gasteiger partial charge on any atom is -0.378 e. The van der Waals surface area contributed by atoms with Crippen molar-refractivity contribution in [2.24, 2.45) is 11.8 Å². The third kappa shape index (κ3) is 5.02. The highest BCUT2D eigenvalue weighted by atomic mass is 19.1. The van der Waals surface area contributed by atoms with Gasteiger partial charge in [-0.05, 0) is 50.7 Å². The highest BCUT2D eigenvalue weighted by Crippen LogP contribution is 2.29. The lowest BCUT2D eigenvalue weighted by atomic mass is 9.94. The molecule has 0 N–H and O–H groups in total. The number of nitrogens with zero attached hydrogens (tertiary/aromatic N) is 2. The Morgan fingerprint density at radius 2 is 1.60 bits per heavy atom. The summed E-state index contributed by atoms with van der Waals surface area (Å²) in [6.07, 6.45) is 7.44. The average molecular weight is 418 g/mol. The van der Waals surface area contributed by atoms with Gasteiger partial charge in [-0.3, -0.25) is 0 Å². The highest BCUT2D eigenvalue weighted by Gasteiger charge is 2.26. The summed E-state index contributed by atoms with van der Waals surface area (Å²) >= 11 is 0. The molecule has 7 heteroatoms. The Labute approximate surface area is 175 Å². The van der Waals surface area contributed by atoms with E-state index in [-0.39, 0.29) is 11.4 Å². The number of aromatic nitrogens is 2. The first kappa shape index (κ1) is 21.3. The SMILES string of the molecule is Cc1c(F)cc(-c2ncc(C3OCC(CCC4CCC(C)CO4)CO3)cn2)cc1F. The zero-order valence-electron chi connectivity index (χ0n) is 17.4. The predicted octanol–water partition coefficient (Wildman–Crippen LogP) is 4.99. The minimum absolute atomic E-state index is 0.0152. The summed E-state index contributed by atoms with van der Waals surface area (Å²) in [5, 5.41) is 0. The molecule has 0 spiro atoms. The van der Waals surface area contributed by atoms with Gasteiger partial charge in [-0.1, -0.05) is 6.92 Å². The molecule has 162 valence electrons. The molecule has 2 aliphatic heterocycles. The van der Waals surface area contributed by atoms with Gasteiger partial charge in [-0.2, -0.15) is 0 Å². The molecule has 2 unspecified atom stereocenters. The van der Waals surface area contributed by atoms with Gasteiger partial charge in [-0.15, -0.1) is 0 Å². The minimum atomic E-state index is -0.615. The molecule has 0 aliphatic carbocycles. The molecule has 0 amide bonds. The highest BCUT2D eigenvalue weighted by molar-refractivity contribution is 5.55. The van der Waals surface area contributed by atoms with Gasteiger partial charge in [0.05, 0.1) is 19.3 Å². The smallest absolute Gasteiger partial charge is 0.186 e. The molecule has 2 fully saturated rings. The lowest BCUT2D eigenvalue weighted by Crippen LogP contribution is -2.30. The summed E-state index contributed by atoms with van der Waals surface area (Å²) in [5.74, 6) is 0.0440. The molecule has 30 heavy (non-hydrogen) atoms. The molecule has 3 heterocycles. The summed E-state index contributed by atoms with van der Waals surface area (Å²) in [6, 6.07) is 2.48. The molecular weight excluding hydrogens is 390 g/mol. The largest absolute Gasteiger partial charge is 0.378 e. The van der Waals surface area contributed by atoms with E-state index in [1.54, 1.807) is 12.4 Å². The molecule has 0 radical (unpaired) electrons. The van der Waals surface area contributed by atoms with Crippen LogP contribution >= 0.6 is 0 Å². The normalized spacial score (nSPS) is 27.2. The van der Waals surface area contributed by atoms with Crippen LogP contribution in [0.3, 0.4) is 0 Å². The van der Waals surface area contributed by atoms with Crippen LogP contribution in [0.5, 0.6) is 0 Å². The van der Waals surface area contributed by atoms with Gasteiger partial charge >= 0.3 is 0 Å². The number of benzene rings is 1. The first-order valence-electron chi connectivity index (χ1n) is 10.6. The topological polar surface area (TPSA) is 53.5 Å². The van der Waals surface area contributed by atoms with Crippen LogP contribution < -0.4 is 0 Å². The second kappa shape index (κ2) is 9.45. The van der Waals surface area contributed by atoms with Crippen molar-refractivity contribution >= 4 is 0 Å². The van der Waals surface area contributed by atoms with E-state index in [1.807, 2.05) is 0 Å². The molecule has 1 aromatic heterocycles. The van der Waals surface area contributed by atoms with E-state index < -0.39 is 17.9 Å². The number of hydrogen-bond donors (Lipinski definition) is 0. The van der Waals surface area contributed by atoms with E-state index in [4.69, 9.17) is 14.2 Å². The Morgan fingerprint density at radius 3 is 2.20 bits per heavy atom. The first-order valence-corrected chi connectivity index (χ1v) is 10.6. The van der Waals surface area contributed by atoms with Crippen LogP contribution in [0, 0.1) is 30.4 Å². The monoisotopic (exact) mass is 418 g/mol. The van der Waals surface area contributed by atoms with E-state index in [2.05, 4.69) is 16.9 Å². The van der Waals surface area contributed by atoms with Crippen molar-refractivity contribution in [1.82, 2.24) is 9.97 Å². The molecule has 0 saturated carbocycles. The van der Waals surface area contributed by atoms with Gasteiger partial charge in [0, 0.05) is 41.6 Å². The number of ether oxygens (including phenoxy) is 3. The molecular formula is C23H28F2N2O3. The van der Waals surface area contributed by atoms with Crippen LogP contribution in [0.25, 0.3) is 11.4 Å². The van der Waals surface area contributed by atoms with Crippen LogP contribution in [-0.2, 0) is 14.2 Å². The molecule has 2 atom stereocenters. The van der Waals surface area contributed by atoms with Gasteiger partial charge in [0.25, 0.3) is 0 Å². The van der Waals surface area contributed by atoms with Crippen molar-refractivity contribution in [3.8, 4) is 11.4 Å². The van der Waals surface area contributed by atoms with Gasteiger partial charge in [0.15, 0.2) is 12.1 Å². The lowest BCUT2D eigenvalue weighted by Gasteiger charge is -2.31. The van der Waals surface area contributed by atoms with Crippen LogP contribution in [0.4, 0.5) is 8.78 Å². The van der Waals surface area contributed by atoms with Crippen molar-refractivity contribution in [3.63, 3.8) is 0 Å². The summed E-state index contributed by atoms with van der Waals surface area (Å²) in [4.78, 5) is 8.48. The maximum Gasteiger partial charge on any atom is 0.186 e. The first-order chi connectivity index (χ1) is 14.5. The van der Waals surface area contributed by atoms with E-state index in [1.165, 1.54) is 25.5 Å². The molecule has 5 nitrogen and oxygen atoms in total. The van der Waals surface area contributed by atoms with Crippen molar-refractivity contribution in [1.29, 1.82) is 0 Å². The predicted molar refractivity (Wildman–Crippen MR) is 108 cm³/mol.